The molecule has 0 unspecified atom stereocenters. The van der Waals surface area contributed by atoms with Gasteiger partial charge in [0, 0.05) is 5.69 Å². The van der Waals surface area contributed by atoms with Gasteiger partial charge >= 0.3 is 6.03 Å². The molecule has 120 valence electrons. The number of hydrogen-bond donors (Lipinski definition) is 2. The van der Waals surface area contributed by atoms with Gasteiger partial charge in [0.1, 0.15) is 13.2 Å². The van der Waals surface area contributed by atoms with E-state index in [1.54, 1.807) is 6.07 Å². The van der Waals surface area contributed by atoms with Crippen molar-refractivity contribution in [3.8, 4) is 11.5 Å². The molecule has 2 aromatic carbocycles. The molecular weight excluding hydrogens is 292 g/mol. The van der Waals surface area contributed by atoms with Gasteiger partial charge in [0.25, 0.3) is 0 Å². The summed E-state index contributed by atoms with van der Waals surface area (Å²) in [6, 6.07) is 12.9. The van der Waals surface area contributed by atoms with Crippen LogP contribution in [-0.2, 0) is 0 Å². The third kappa shape index (κ3) is 3.56. The highest BCUT2D eigenvalue weighted by atomic mass is 16.6. The second kappa shape index (κ2) is 6.60. The molecule has 2 aromatic rings. The second-order valence-electron chi connectivity index (χ2n) is 5.69. The number of anilines is 2. The maximum Gasteiger partial charge on any atom is 0.323 e. The van der Waals surface area contributed by atoms with Gasteiger partial charge in [-0.1, -0.05) is 32.0 Å². The lowest BCUT2D eigenvalue weighted by molar-refractivity contribution is 0.172. The molecule has 1 aliphatic rings. The van der Waals surface area contributed by atoms with Crippen molar-refractivity contribution >= 4 is 17.4 Å². The molecule has 0 saturated carbocycles. The molecule has 3 rings (SSSR count). The van der Waals surface area contributed by atoms with Crippen LogP contribution in [0.2, 0.25) is 0 Å². The van der Waals surface area contributed by atoms with Gasteiger partial charge in [-0.2, -0.15) is 0 Å². The summed E-state index contributed by atoms with van der Waals surface area (Å²) >= 11 is 0. The molecule has 0 aromatic heterocycles. The van der Waals surface area contributed by atoms with Crippen LogP contribution in [0.3, 0.4) is 0 Å². The van der Waals surface area contributed by atoms with Gasteiger partial charge < -0.3 is 20.1 Å². The maximum absolute atomic E-state index is 12.2. The zero-order chi connectivity index (χ0) is 16.2. The molecule has 5 nitrogen and oxygen atoms in total. The van der Waals surface area contributed by atoms with Crippen LogP contribution in [0, 0.1) is 0 Å². The van der Waals surface area contributed by atoms with Gasteiger partial charge in [-0.25, -0.2) is 4.79 Å². The van der Waals surface area contributed by atoms with Crippen LogP contribution < -0.4 is 20.1 Å². The molecule has 0 radical (unpaired) electrons. The minimum Gasteiger partial charge on any atom is -0.486 e. The molecule has 23 heavy (non-hydrogen) atoms. The fraction of sp³-hybridized carbons (Fsp3) is 0.278. The van der Waals surface area contributed by atoms with Crippen molar-refractivity contribution in [2.24, 2.45) is 0 Å². The number of benzene rings is 2. The van der Waals surface area contributed by atoms with Crippen molar-refractivity contribution in [1.29, 1.82) is 0 Å². The van der Waals surface area contributed by atoms with E-state index in [-0.39, 0.29) is 6.03 Å². The number of nitrogens with one attached hydrogen (secondary N) is 2. The van der Waals surface area contributed by atoms with Crippen LogP contribution >= 0.6 is 0 Å². The van der Waals surface area contributed by atoms with Crippen LogP contribution in [0.1, 0.15) is 25.3 Å². The molecule has 0 bridgehead atoms. The first-order chi connectivity index (χ1) is 11.1. The Labute approximate surface area is 135 Å². The lowest BCUT2D eigenvalue weighted by atomic mass is 10.0. The molecule has 1 heterocycles. The minimum absolute atomic E-state index is 0.315. The Morgan fingerprint density at radius 3 is 2.48 bits per heavy atom. The zero-order valence-electron chi connectivity index (χ0n) is 13.3. The molecule has 0 atom stereocenters. The number of hydrogen-bond acceptors (Lipinski definition) is 3. The van der Waals surface area contributed by atoms with E-state index in [0.29, 0.717) is 36.3 Å². The van der Waals surface area contributed by atoms with Gasteiger partial charge in [-0.05, 0) is 35.7 Å². The van der Waals surface area contributed by atoms with Crippen molar-refractivity contribution in [2.75, 3.05) is 23.8 Å². The summed E-state index contributed by atoms with van der Waals surface area (Å²) < 4.78 is 11.1. The molecule has 2 N–H and O–H groups in total. The predicted octanol–water partition coefficient (Wildman–Crippen LogP) is 4.23. The highest BCUT2D eigenvalue weighted by molar-refractivity contribution is 6.01. The van der Waals surface area contributed by atoms with E-state index < -0.39 is 0 Å². The van der Waals surface area contributed by atoms with Gasteiger partial charge in [0.2, 0.25) is 0 Å². The Kier molecular flexibility index (Phi) is 4.37. The number of carbonyl (C=O) groups is 1. The lowest BCUT2D eigenvalue weighted by Gasteiger charge is -2.21. The number of para-hydroxylation sites is 1. The molecule has 0 fully saturated rings. The molecule has 0 spiro atoms. The molecule has 1 aliphatic heterocycles. The monoisotopic (exact) mass is 312 g/mol. The fourth-order valence-electron chi connectivity index (χ4n) is 2.41. The lowest BCUT2D eigenvalue weighted by Crippen LogP contribution is -2.22. The molecule has 2 amide bonds. The average molecular weight is 312 g/mol. The van der Waals surface area contributed by atoms with Crippen molar-refractivity contribution < 1.29 is 14.3 Å². The standard InChI is InChI=1S/C18H20N2O3/c1-12(2)13-6-8-14(9-7-13)19-18(21)20-15-4-3-5-16-17(15)23-11-10-22-16/h3-9,12H,10-11H2,1-2H3,(H2,19,20,21). The third-order valence-corrected chi connectivity index (χ3v) is 3.65. The normalized spacial score (nSPS) is 12.8. The molecular formula is C18H20N2O3. The highest BCUT2D eigenvalue weighted by Crippen LogP contribution is 2.37. The molecule has 0 saturated heterocycles. The molecule has 0 aliphatic carbocycles. The maximum atomic E-state index is 12.2. The quantitative estimate of drug-likeness (QED) is 0.892. The first-order valence-corrected chi connectivity index (χ1v) is 7.70. The van der Waals surface area contributed by atoms with E-state index in [0.717, 1.165) is 5.69 Å². The zero-order valence-corrected chi connectivity index (χ0v) is 13.3. The fourth-order valence-corrected chi connectivity index (χ4v) is 2.41. The Hall–Kier alpha value is -2.69. The van der Waals surface area contributed by atoms with E-state index in [9.17, 15) is 4.79 Å². The topological polar surface area (TPSA) is 59.6 Å². The summed E-state index contributed by atoms with van der Waals surface area (Å²) in [7, 11) is 0. The van der Waals surface area contributed by atoms with Gasteiger partial charge in [-0.3, -0.25) is 0 Å². The SMILES string of the molecule is CC(C)c1ccc(NC(=O)Nc2cccc3c2OCCO3)cc1. The first kappa shape index (κ1) is 15.2. The molecule has 5 heteroatoms. The largest absolute Gasteiger partial charge is 0.486 e. The number of carbonyl (C=O) groups excluding carboxylic acids is 1. The summed E-state index contributed by atoms with van der Waals surface area (Å²) in [5.74, 6) is 1.69. The highest BCUT2D eigenvalue weighted by Gasteiger charge is 2.17. The van der Waals surface area contributed by atoms with Crippen molar-refractivity contribution in [1.82, 2.24) is 0 Å². The van der Waals surface area contributed by atoms with Crippen molar-refractivity contribution in [3.05, 3.63) is 48.0 Å². The number of ether oxygens (including phenoxy) is 2. The Bertz CT molecular complexity index is 696. The summed E-state index contributed by atoms with van der Waals surface area (Å²) in [4.78, 5) is 12.2. The van der Waals surface area contributed by atoms with E-state index in [1.807, 2.05) is 36.4 Å². The van der Waals surface area contributed by atoms with Gasteiger partial charge in [-0.15, -0.1) is 0 Å². The van der Waals surface area contributed by atoms with E-state index in [2.05, 4.69) is 24.5 Å². The van der Waals surface area contributed by atoms with Crippen LogP contribution in [0.25, 0.3) is 0 Å². The van der Waals surface area contributed by atoms with Crippen LogP contribution in [0.15, 0.2) is 42.5 Å². The summed E-state index contributed by atoms with van der Waals surface area (Å²) in [5.41, 5.74) is 2.58. The predicted molar refractivity (Wildman–Crippen MR) is 90.6 cm³/mol. The number of urea groups is 1. The summed E-state index contributed by atoms with van der Waals surface area (Å²) in [5, 5.41) is 5.62. The van der Waals surface area contributed by atoms with Crippen molar-refractivity contribution in [2.45, 2.75) is 19.8 Å². The Balaban J connectivity index is 1.68. The van der Waals surface area contributed by atoms with Gasteiger partial charge in [0.05, 0.1) is 5.69 Å². The van der Waals surface area contributed by atoms with Gasteiger partial charge in [0.15, 0.2) is 11.5 Å². The summed E-state index contributed by atoms with van der Waals surface area (Å²) in [6.45, 7) is 5.26. The summed E-state index contributed by atoms with van der Waals surface area (Å²) in [6.07, 6.45) is 0. The first-order valence-electron chi connectivity index (χ1n) is 7.70. The Morgan fingerprint density at radius 2 is 1.74 bits per heavy atom. The minimum atomic E-state index is -0.315. The Morgan fingerprint density at radius 1 is 1.00 bits per heavy atom. The van der Waals surface area contributed by atoms with E-state index in [1.165, 1.54) is 5.56 Å². The number of amides is 2. The van der Waals surface area contributed by atoms with Crippen LogP contribution in [0.4, 0.5) is 16.2 Å². The number of fused-ring (bicyclic) bond motifs is 1. The average Bonchev–Trinajstić information content (AvgIpc) is 2.55. The number of rotatable bonds is 3. The smallest absolute Gasteiger partial charge is 0.323 e. The third-order valence-electron chi connectivity index (χ3n) is 3.65. The van der Waals surface area contributed by atoms with E-state index in [4.69, 9.17) is 9.47 Å². The van der Waals surface area contributed by atoms with Crippen LogP contribution in [0.5, 0.6) is 11.5 Å². The second-order valence-corrected chi connectivity index (χ2v) is 5.69. The van der Waals surface area contributed by atoms with E-state index >= 15 is 0 Å². The van der Waals surface area contributed by atoms with Crippen molar-refractivity contribution in [3.63, 3.8) is 0 Å². The van der Waals surface area contributed by atoms with Crippen LogP contribution in [-0.4, -0.2) is 19.2 Å².